The molecule has 0 saturated heterocycles. The largest absolute Gasteiger partial charge is 0.481 e. The summed E-state index contributed by atoms with van der Waals surface area (Å²) in [6.07, 6.45) is 0.717. The lowest BCUT2D eigenvalue weighted by Crippen LogP contribution is -1.99. The van der Waals surface area contributed by atoms with E-state index in [9.17, 15) is 4.79 Å². The second-order valence-corrected chi connectivity index (χ2v) is 4.74. The summed E-state index contributed by atoms with van der Waals surface area (Å²) in [6.45, 7) is 0. The van der Waals surface area contributed by atoms with Crippen molar-refractivity contribution in [2.24, 2.45) is 5.92 Å². The first-order valence-corrected chi connectivity index (χ1v) is 5.44. The predicted octanol–water partition coefficient (Wildman–Crippen LogP) is 3.29. The molecule has 0 spiro atoms. The van der Waals surface area contributed by atoms with E-state index in [0.29, 0.717) is 11.4 Å². The van der Waals surface area contributed by atoms with Crippen molar-refractivity contribution < 1.29 is 9.90 Å². The van der Waals surface area contributed by atoms with E-state index in [1.165, 1.54) is 0 Å². The van der Waals surface area contributed by atoms with Gasteiger partial charge in [0.2, 0.25) is 0 Å². The topological polar surface area (TPSA) is 37.3 Å². The van der Waals surface area contributed by atoms with Gasteiger partial charge in [-0.3, -0.25) is 4.79 Å². The number of carboxylic acids is 1. The smallest absolute Gasteiger partial charge is 0.307 e. The van der Waals surface area contributed by atoms with Gasteiger partial charge in [0.25, 0.3) is 0 Å². The Hall–Kier alpha value is -0.540. The van der Waals surface area contributed by atoms with Crippen LogP contribution in [0.4, 0.5) is 0 Å². The summed E-state index contributed by atoms with van der Waals surface area (Å²) in [5, 5.41) is 9.45. The number of halogens is 2. The molecule has 0 bridgehead atoms. The van der Waals surface area contributed by atoms with Gasteiger partial charge in [0.1, 0.15) is 0 Å². The van der Waals surface area contributed by atoms with Gasteiger partial charge in [-0.15, -0.1) is 0 Å². The quantitative estimate of drug-likeness (QED) is 0.899. The predicted molar refractivity (Wildman–Crippen MR) is 57.6 cm³/mol. The van der Waals surface area contributed by atoms with E-state index in [-0.39, 0.29) is 11.8 Å². The van der Waals surface area contributed by atoms with Crippen LogP contribution in [0.3, 0.4) is 0 Å². The van der Waals surface area contributed by atoms with Crippen molar-refractivity contribution >= 4 is 33.5 Å². The second kappa shape index (κ2) is 3.55. The third-order valence-electron chi connectivity index (χ3n) is 2.47. The van der Waals surface area contributed by atoms with Crippen LogP contribution in [0.25, 0.3) is 0 Å². The molecule has 2 unspecified atom stereocenters. The molecular weight excluding hydrogens is 267 g/mol. The number of hydrogen-bond donors (Lipinski definition) is 1. The Bertz CT molecular complexity index is 392. The summed E-state index contributed by atoms with van der Waals surface area (Å²) in [5.74, 6) is -0.827. The average molecular weight is 276 g/mol. The van der Waals surface area contributed by atoms with Crippen LogP contribution < -0.4 is 0 Å². The third kappa shape index (κ3) is 1.79. The van der Waals surface area contributed by atoms with Crippen LogP contribution >= 0.6 is 27.5 Å². The van der Waals surface area contributed by atoms with Crippen LogP contribution in [0.15, 0.2) is 22.7 Å². The average Bonchev–Trinajstić information content (AvgIpc) is 2.88. The Morgan fingerprint density at radius 2 is 2.29 bits per heavy atom. The van der Waals surface area contributed by atoms with Crippen molar-refractivity contribution in [3.05, 3.63) is 33.3 Å². The van der Waals surface area contributed by atoms with Gasteiger partial charge in [-0.25, -0.2) is 0 Å². The minimum atomic E-state index is -0.720. The van der Waals surface area contributed by atoms with Gasteiger partial charge in [-0.1, -0.05) is 27.5 Å². The molecule has 1 aliphatic carbocycles. The summed E-state index contributed by atoms with van der Waals surface area (Å²) in [7, 11) is 0. The SMILES string of the molecule is O=C(O)C1CC1c1cc(Cl)ccc1Br. The Morgan fingerprint density at radius 3 is 2.86 bits per heavy atom. The van der Waals surface area contributed by atoms with Crippen molar-refractivity contribution in [3.63, 3.8) is 0 Å². The molecule has 4 heteroatoms. The van der Waals surface area contributed by atoms with E-state index >= 15 is 0 Å². The molecule has 1 aromatic rings. The number of rotatable bonds is 2. The molecule has 1 fully saturated rings. The maximum atomic E-state index is 10.7. The van der Waals surface area contributed by atoms with E-state index in [1.807, 2.05) is 12.1 Å². The van der Waals surface area contributed by atoms with Crippen LogP contribution in [-0.4, -0.2) is 11.1 Å². The molecule has 1 aromatic carbocycles. The number of benzene rings is 1. The Kier molecular flexibility index (Phi) is 2.54. The molecule has 14 heavy (non-hydrogen) atoms. The van der Waals surface area contributed by atoms with Gasteiger partial charge >= 0.3 is 5.97 Å². The lowest BCUT2D eigenvalue weighted by molar-refractivity contribution is -0.138. The van der Waals surface area contributed by atoms with Crippen molar-refractivity contribution in [2.75, 3.05) is 0 Å². The van der Waals surface area contributed by atoms with Crippen LogP contribution in [0.2, 0.25) is 5.02 Å². The molecule has 2 atom stereocenters. The number of aliphatic carboxylic acids is 1. The standard InChI is InChI=1S/C10H8BrClO2/c11-9-2-1-5(12)3-7(9)6-4-8(6)10(13)14/h1-3,6,8H,4H2,(H,13,14). The fourth-order valence-electron chi connectivity index (χ4n) is 1.61. The minimum Gasteiger partial charge on any atom is -0.481 e. The highest BCUT2D eigenvalue weighted by atomic mass is 79.9. The fourth-order valence-corrected chi connectivity index (χ4v) is 2.33. The van der Waals surface area contributed by atoms with Gasteiger partial charge in [-0.05, 0) is 36.1 Å². The summed E-state index contributed by atoms with van der Waals surface area (Å²) in [4.78, 5) is 10.7. The first kappa shape index (κ1) is 9.99. The van der Waals surface area contributed by atoms with E-state index < -0.39 is 5.97 Å². The maximum absolute atomic E-state index is 10.7. The van der Waals surface area contributed by atoms with Crippen molar-refractivity contribution in [1.82, 2.24) is 0 Å². The van der Waals surface area contributed by atoms with Gasteiger partial charge in [-0.2, -0.15) is 0 Å². The Labute approximate surface area is 95.0 Å². The van der Waals surface area contributed by atoms with E-state index in [0.717, 1.165) is 10.0 Å². The number of hydrogen-bond acceptors (Lipinski definition) is 1. The molecule has 2 nitrogen and oxygen atoms in total. The maximum Gasteiger partial charge on any atom is 0.307 e. The van der Waals surface area contributed by atoms with Crippen LogP contribution in [-0.2, 0) is 4.79 Å². The zero-order valence-corrected chi connectivity index (χ0v) is 9.55. The molecule has 0 heterocycles. The van der Waals surface area contributed by atoms with Gasteiger partial charge in [0.15, 0.2) is 0 Å². The minimum absolute atomic E-state index is 0.126. The monoisotopic (exact) mass is 274 g/mol. The van der Waals surface area contributed by atoms with Crippen LogP contribution in [0, 0.1) is 5.92 Å². The molecule has 2 rings (SSSR count). The highest BCUT2D eigenvalue weighted by Crippen LogP contribution is 2.50. The fraction of sp³-hybridized carbons (Fsp3) is 0.300. The zero-order valence-electron chi connectivity index (χ0n) is 7.21. The Balaban J connectivity index is 2.26. The first-order valence-electron chi connectivity index (χ1n) is 4.27. The molecule has 74 valence electrons. The van der Waals surface area contributed by atoms with Gasteiger partial charge < -0.3 is 5.11 Å². The summed E-state index contributed by atoms with van der Waals surface area (Å²) >= 11 is 9.24. The van der Waals surface area contributed by atoms with E-state index in [1.54, 1.807) is 6.07 Å². The lowest BCUT2D eigenvalue weighted by atomic mass is 10.1. The summed E-state index contributed by atoms with van der Waals surface area (Å²) in [5.41, 5.74) is 1.00. The van der Waals surface area contributed by atoms with Crippen molar-refractivity contribution in [2.45, 2.75) is 12.3 Å². The Morgan fingerprint density at radius 1 is 1.57 bits per heavy atom. The molecule has 0 radical (unpaired) electrons. The van der Waals surface area contributed by atoms with Gasteiger partial charge in [0.05, 0.1) is 5.92 Å². The first-order chi connectivity index (χ1) is 6.59. The lowest BCUT2D eigenvalue weighted by Gasteiger charge is -2.02. The molecule has 0 aromatic heterocycles. The van der Waals surface area contributed by atoms with Crippen LogP contribution in [0.5, 0.6) is 0 Å². The molecular formula is C10H8BrClO2. The summed E-state index contributed by atoms with van der Waals surface area (Å²) in [6, 6.07) is 5.47. The van der Waals surface area contributed by atoms with E-state index in [2.05, 4.69) is 15.9 Å². The second-order valence-electron chi connectivity index (χ2n) is 3.45. The zero-order chi connectivity index (χ0) is 10.3. The number of carboxylic acid groups (broad SMARTS) is 1. The van der Waals surface area contributed by atoms with Crippen molar-refractivity contribution in [3.8, 4) is 0 Å². The van der Waals surface area contributed by atoms with Crippen LogP contribution in [0.1, 0.15) is 17.9 Å². The highest BCUT2D eigenvalue weighted by Gasteiger charge is 2.44. The van der Waals surface area contributed by atoms with Crippen molar-refractivity contribution in [1.29, 1.82) is 0 Å². The molecule has 1 saturated carbocycles. The molecule has 0 amide bonds. The number of carbonyl (C=O) groups is 1. The van der Waals surface area contributed by atoms with E-state index in [4.69, 9.17) is 16.7 Å². The van der Waals surface area contributed by atoms with Gasteiger partial charge in [0, 0.05) is 9.50 Å². The molecule has 1 N–H and O–H groups in total. The highest BCUT2D eigenvalue weighted by molar-refractivity contribution is 9.10. The summed E-state index contributed by atoms with van der Waals surface area (Å²) < 4.78 is 0.940. The molecule has 0 aliphatic heterocycles. The third-order valence-corrected chi connectivity index (χ3v) is 3.42. The molecule has 1 aliphatic rings. The normalized spacial score (nSPS) is 24.7.